The van der Waals surface area contributed by atoms with E-state index >= 15 is 0 Å². The fraction of sp³-hybridized carbons (Fsp3) is 0.318. The summed E-state index contributed by atoms with van der Waals surface area (Å²) in [5.41, 5.74) is 4.66. The quantitative estimate of drug-likeness (QED) is 0.811. The number of nitrogens with zero attached hydrogens (tertiary/aromatic N) is 1. The van der Waals surface area contributed by atoms with Crippen molar-refractivity contribution in [2.45, 2.75) is 40.0 Å². The van der Waals surface area contributed by atoms with Crippen molar-refractivity contribution in [2.24, 2.45) is 5.92 Å². The Bertz CT molecular complexity index is 816. The van der Waals surface area contributed by atoms with Crippen LogP contribution in [0.2, 0.25) is 0 Å². The number of hydrogen-bond acceptors (Lipinski definition) is 2. The number of rotatable bonds is 4. The predicted molar refractivity (Wildman–Crippen MR) is 97.8 cm³/mol. The number of aromatic hydroxyl groups is 1. The first-order valence-electron chi connectivity index (χ1n) is 8.34. The zero-order valence-corrected chi connectivity index (χ0v) is 14.6. The van der Waals surface area contributed by atoms with Gasteiger partial charge in [-0.25, -0.2) is 0 Å². The molecular formula is C22H23NO. The van der Waals surface area contributed by atoms with Gasteiger partial charge in [0.1, 0.15) is 5.75 Å². The van der Waals surface area contributed by atoms with Gasteiger partial charge in [-0.3, -0.25) is 0 Å². The first-order valence-corrected chi connectivity index (χ1v) is 8.34. The predicted octanol–water partition coefficient (Wildman–Crippen LogP) is 4.95. The van der Waals surface area contributed by atoms with Gasteiger partial charge in [0, 0.05) is 11.1 Å². The van der Waals surface area contributed by atoms with Crippen molar-refractivity contribution >= 4 is 0 Å². The second-order valence-electron chi connectivity index (χ2n) is 6.52. The molecule has 0 atom stereocenters. The molecule has 0 bridgehead atoms. The van der Waals surface area contributed by atoms with Crippen molar-refractivity contribution in [3.05, 3.63) is 64.2 Å². The highest BCUT2D eigenvalue weighted by Crippen LogP contribution is 2.18. The summed E-state index contributed by atoms with van der Waals surface area (Å²) in [4.78, 5) is 0. The summed E-state index contributed by atoms with van der Waals surface area (Å²) in [7, 11) is 0. The molecule has 0 radical (unpaired) electrons. The first-order chi connectivity index (χ1) is 11.5. The second kappa shape index (κ2) is 8.23. The van der Waals surface area contributed by atoms with E-state index in [-0.39, 0.29) is 5.75 Å². The Morgan fingerprint density at radius 3 is 2.42 bits per heavy atom. The Labute approximate surface area is 144 Å². The summed E-state index contributed by atoms with van der Waals surface area (Å²) >= 11 is 0. The monoisotopic (exact) mass is 317 g/mol. The minimum atomic E-state index is 0.255. The van der Waals surface area contributed by atoms with E-state index in [0.29, 0.717) is 11.5 Å². The van der Waals surface area contributed by atoms with Gasteiger partial charge in [-0.15, -0.1) is 0 Å². The number of nitriles is 1. The first kappa shape index (κ1) is 17.6. The van der Waals surface area contributed by atoms with Crippen LogP contribution in [0.4, 0.5) is 0 Å². The van der Waals surface area contributed by atoms with E-state index in [9.17, 15) is 5.11 Å². The largest absolute Gasteiger partial charge is 0.508 e. The molecule has 2 rings (SSSR count). The SMILES string of the molecule is Cc1cc(O)ccc1C#Cc1ccc(C#N)cc1CCCC(C)C. The standard InChI is InChI=1S/C22H23NO/c1-16(2)5-4-6-21-14-18(15-23)7-8-20(21)10-9-19-11-12-22(24)13-17(19)3/h7-8,11-14,16,24H,4-6H2,1-3H3. The number of phenols is 1. The second-order valence-corrected chi connectivity index (χ2v) is 6.52. The molecule has 2 aromatic rings. The Morgan fingerprint density at radius 1 is 1.04 bits per heavy atom. The molecular weight excluding hydrogens is 294 g/mol. The van der Waals surface area contributed by atoms with Gasteiger partial charge in [0.2, 0.25) is 0 Å². The Balaban J connectivity index is 2.29. The average molecular weight is 317 g/mol. The Hall–Kier alpha value is -2.71. The lowest BCUT2D eigenvalue weighted by Gasteiger charge is -2.07. The maximum Gasteiger partial charge on any atom is 0.115 e. The molecule has 0 heterocycles. The van der Waals surface area contributed by atoms with Gasteiger partial charge in [-0.1, -0.05) is 32.1 Å². The lowest BCUT2D eigenvalue weighted by Crippen LogP contribution is -1.95. The lowest BCUT2D eigenvalue weighted by atomic mass is 9.97. The van der Waals surface area contributed by atoms with Crippen LogP contribution in [-0.4, -0.2) is 5.11 Å². The number of aryl methyl sites for hydroxylation is 2. The maximum absolute atomic E-state index is 9.49. The molecule has 0 saturated carbocycles. The van der Waals surface area contributed by atoms with Gasteiger partial charge < -0.3 is 5.11 Å². The van der Waals surface area contributed by atoms with Gasteiger partial charge in [0.15, 0.2) is 0 Å². The molecule has 1 N–H and O–H groups in total. The molecule has 24 heavy (non-hydrogen) atoms. The third-order valence-corrected chi connectivity index (χ3v) is 4.00. The van der Waals surface area contributed by atoms with Crippen LogP contribution in [0.5, 0.6) is 5.75 Å². The van der Waals surface area contributed by atoms with Crippen molar-refractivity contribution in [1.29, 1.82) is 5.26 Å². The highest BCUT2D eigenvalue weighted by atomic mass is 16.3. The third kappa shape index (κ3) is 4.90. The molecule has 0 fully saturated rings. The minimum Gasteiger partial charge on any atom is -0.508 e. The van der Waals surface area contributed by atoms with Gasteiger partial charge >= 0.3 is 0 Å². The summed E-state index contributed by atoms with van der Waals surface area (Å²) in [5.74, 6) is 7.36. The molecule has 0 spiro atoms. The maximum atomic E-state index is 9.49. The summed E-state index contributed by atoms with van der Waals surface area (Å²) in [6.07, 6.45) is 3.20. The molecule has 2 aromatic carbocycles. The molecule has 2 heteroatoms. The summed E-state index contributed by atoms with van der Waals surface area (Å²) < 4.78 is 0. The highest BCUT2D eigenvalue weighted by Gasteiger charge is 2.04. The molecule has 0 aliphatic carbocycles. The average Bonchev–Trinajstić information content (AvgIpc) is 2.54. The van der Waals surface area contributed by atoms with Gasteiger partial charge in [0.05, 0.1) is 11.6 Å². The van der Waals surface area contributed by atoms with Gasteiger partial charge in [0.25, 0.3) is 0 Å². The smallest absolute Gasteiger partial charge is 0.115 e. The Kier molecular flexibility index (Phi) is 6.05. The molecule has 0 aliphatic rings. The van der Waals surface area contributed by atoms with Crippen LogP contribution in [0.25, 0.3) is 0 Å². The van der Waals surface area contributed by atoms with Crippen molar-refractivity contribution in [3.8, 4) is 23.7 Å². The summed E-state index contributed by atoms with van der Waals surface area (Å²) in [5, 5.41) is 18.6. The van der Waals surface area contributed by atoms with E-state index in [1.807, 2.05) is 31.2 Å². The van der Waals surface area contributed by atoms with Crippen molar-refractivity contribution in [2.75, 3.05) is 0 Å². The van der Waals surface area contributed by atoms with Crippen LogP contribution in [-0.2, 0) is 6.42 Å². The van der Waals surface area contributed by atoms with Crippen LogP contribution in [0.3, 0.4) is 0 Å². The zero-order valence-electron chi connectivity index (χ0n) is 14.6. The minimum absolute atomic E-state index is 0.255. The third-order valence-electron chi connectivity index (χ3n) is 4.00. The van der Waals surface area contributed by atoms with E-state index in [1.165, 1.54) is 6.42 Å². The van der Waals surface area contributed by atoms with Crippen molar-refractivity contribution in [3.63, 3.8) is 0 Å². The molecule has 0 saturated heterocycles. The van der Waals surface area contributed by atoms with E-state index in [1.54, 1.807) is 12.1 Å². The van der Waals surface area contributed by atoms with Crippen molar-refractivity contribution < 1.29 is 5.11 Å². The number of hydrogen-bond donors (Lipinski definition) is 1. The highest BCUT2D eigenvalue weighted by molar-refractivity contribution is 5.52. The lowest BCUT2D eigenvalue weighted by molar-refractivity contribution is 0.475. The van der Waals surface area contributed by atoms with Gasteiger partial charge in [-0.2, -0.15) is 5.26 Å². The van der Waals surface area contributed by atoms with Gasteiger partial charge in [-0.05, 0) is 73.2 Å². The number of phenolic OH excluding ortho intramolecular Hbond substituents is 1. The molecule has 0 aliphatic heterocycles. The van der Waals surface area contributed by atoms with Crippen LogP contribution in [0, 0.1) is 36.0 Å². The van der Waals surface area contributed by atoms with E-state index < -0.39 is 0 Å². The van der Waals surface area contributed by atoms with Crippen LogP contribution < -0.4 is 0 Å². The van der Waals surface area contributed by atoms with E-state index in [2.05, 4.69) is 31.8 Å². The summed E-state index contributed by atoms with van der Waals surface area (Å²) in [6, 6.07) is 13.1. The molecule has 0 amide bonds. The molecule has 0 aromatic heterocycles. The fourth-order valence-electron chi connectivity index (χ4n) is 2.62. The summed E-state index contributed by atoms with van der Waals surface area (Å²) in [6.45, 7) is 6.38. The molecule has 2 nitrogen and oxygen atoms in total. The molecule has 122 valence electrons. The zero-order chi connectivity index (χ0) is 17.5. The number of benzene rings is 2. The normalized spacial score (nSPS) is 10.1. The molecule has 0 unspecified atom stereocenters. The Morgan fingerprint density at radius 2 is 1.75 bits per heavy atom. The fourth-order valence-corrected chi connectivity index (χ4v) is 2.62. The van der Waals surface area contributed by atoms with E-state index in [4.69, 9.17) is 5.26 Å². The topological polar surface area (TPSA) is 44.0 Å². The van der Waals surface area contributed by atoms with Crippen LogP contribution in [0.1, 0.15) is 54.5 Å². The van der Waals surface area contributed by atoms with Crippen LogP contribution in [0.15, 0.2) is 36.4 Å². The van der Waals surface area contributed by atoms with Crippen LogP contribution >= 0.6 is 0 Å². The van der Waals surface area contributed by atoms with E-state index in [0.717, 1.165) is 35.1 Å². The van der Waals surface area contributed by atoms with Crippen molar-refractivity contribution in [1.82, 2.24) is 0 Å².